The Balaban J connectivity index is 1.53. The quantitative estimate of drug-likeness (QED) is 0.165. The fraction of sp³-hybridized carbons (Fsp3) is 0.167. The molecule has 45 heavy (non-hydrogen) atoms. The summed E-state index contributed by atoms with van der Waals surface area (Å²) in [6.07, 6.45) is -2.79. The van der Waals surface area contributed by atoms with E-state index in [-0.39, 0.29) is 26.9 Å². The first-order valence-electron chi connectivity index (χ1n) is 13.2. The minimum absolute atomic E-state index is 0.0233. The first kappa shape index (κ1) is 33.7. The number of carbonyl (C=O) groups is 1. The van der Waals surface area contributed by atoms with Crippen molar-refractivity contribution in [3.05, 3.63) is 103 Å². The van der Waals surface area contributed by atoms with E-state index in [2.05, 4.69) is 10.0 Å². The van der Waals surface area contributed by atoms with Gasteiger partial charge in [0.25, 0.3) is 20.0 Å². The Bertz CT molecular complexity index is 1850. The Morgan fingerprint density at radius 3 is 2.04 bits per heavy atom. The van der Waals surface area contributed by atoms with Gasteiger partial charge in [-0.15, -0.1) is 11.8 Å². The molecule has 4 aromatic carbocycles. The molecule has 4 aromatic rings. The van der Waals surface area contributed by atoms with E-state index >= 15 is 0 Å². The van der Waals surface area contributed by atoms with Crippen LogP contribution in [-0.2, 0) is 31.0 Å². The van der Waals surface area contributed by atoms with Crippen LogP contribution >= 0.6 is 11.8 Å². The molecule has 0 radical (unpaired) electrons. The molecule has 15 heteroatoms. The van der Waals surface area contributed by atoms with Gasteiger partial charge < -0.3 is 10.1 Å². The third-order valence-corrected chi connectivity index (χ3v) is 10.2. The van der Waals surface area contributed by atoms with Crippen LogP contribution in [0.15, 0.2) is 112 Å². The van der Waals surface area contributed by atoms with Crippen LogP contribution < -0.4 is 19.1 Å². The van der Waals surface area contributed by atoms with E-state index in [1.165, 1.54) is 54.2 Å². The number of carbonyl (C=O) groups excluding carboxylic acids is 1. The summed E-state index contributed by atoms with van der Waals surface area (Å²) in [6, 6.07) is 21.0. The number of sulfonamides is 2. The number of nitrogens with zero attached hydrogens (tertiary/aromatic N) is 1. The Labute approximate surface area is 263 Å². The summed E-state index contributed by atoms with van der Waals surface area (Å²) in [4.78, 5) is 13.7. The van der Waals surface area contributed by atoms with Gasteiger partial charge in [0.1, 0.15) is 12.3 Å². The highest BCUT2D eigenvalue weighted by Gasteiger charge is 2.31. The fourth-order valence-electron chi connectivity index (χ4n) is 4.09. The number of hydrogen-bond donors (Lipinski definition) is 2. The van der Waals surface area contributed by atoms with Crippen LogP contribution in [0.3, 0.4) is 0 Å². The molecule has 0 atom stereocenters. The summed E-state index contributed by atoms with van der Waals surface area (Å²) in [5.74, 6) is -0.198. The highest BCUT2D eigenvalue weighted by molar-refractivity contribution is 7.98. The molecule has 0 spiro atoms. The molecule has 2 N–H and O–H groups in total. The van der Waals surface area contributed by atoms with Gasteiger partial charge in [0.15, 0.2) is 0 Å². The van der Waals surface area contributed by atoms with Crippen LogP contribution in [-0.4, -0.2) is 42.2 Å². The van der Waals surface area contributed by atoms with E-state index in [1.54, 1.807) is 24.3 Å². The number of halogens is 3. The van der Waals surface area contributed by atoms with Crippen LogP contribution in [0, 0.1) is 0 Å². The number of anilines is 3. The standard InChI is InChI=1S/C30H28F3N3O6S3/c1-3-42-25-11-9-24(10-12-25)36(45(40,41)28-17-13-26(43-2)14-18-28)20-29(37)34-22-7-15-27(16-8-22)44(38,39)35-23-6-4-5-21(19-23)30(31,32)33/h4-19,35H,3,20H2,1-2H3,(H,34,37). The van der Waals surface area contributed by atoms with Crippen LogP contribution in [0.1, 0.15) is 12.5 Å². The number of thioether (sulfide) groups is 1. The minimum Gasteiger partial charge on any atom is -0.494 e. The number of benzene rings is 4. The number of amides is 1. The molecule has 0 saturated heterocycles. The number of hydrogen-bond acceptors (Lipinski definition) is 7. The van der Waals surface area contributed by atoms with Gasteiger partial charge in [-0.1, -0.05) is 6.07 Å². The maximum atomic E-state index is 13.7. The maximum absolute atomic E-state index is 13.7. The lowest BCUT2D eigenvalue weighted by atomic mass is 10.2. The molecule has 9 nitrogen and oxygen atoms in total. The van der Waals surface area contributed by atoms with Crippen LogP contribution in [0.25, 0.3) is 0 Å². The third kappa shape index (κ3) is 8.49. The maximum Gasteiger partial charge on any atom is 0.416 e. The van der Waals surface area contributed by atoms with E-state index < -0.39 is 44.2 Å². The van der Waals surface area contributed by atoms with Gasteiger partial charge in [-0.25, -0.2) is 16.8 Å². The number of rotatable bonds is 12. The van der Waals surface area contributed by atoms with Gasteiger partial charge in [0.05, 0.1) is 27.6 Å². The normalized spacial score (nSPS) is 11.9. The molecule has 0 fully saturated rings. The molecule has 0 bridgehead atoms. The Hall–Kier alpha value is -4.21. The fourth-order valence-corrected chi connectivity index (χ4v) is 6.97. The predicted molar refractivity (Wildman–Crippen MR) is 168 cm³/mol. The van der Waals surface area contributed by atoms with Gasteiger partial charge in [0, 0.05) is 16.3 Å². The van der Waals surface area contributed by atoms with Crippen molar-refractivity contribution in [1.82, 2.24) is 0 Å². The second kappa shape index (κ2) is 13.8. The Morgan fingerprint density at radius 2 is 1.47 bits per heavy atom. The zero-order valence-electron chi connectivity index (χ0n) is 23.9. The molecule has 0 unspecified atom stereocenters. The van der Waals surface area contributed by atoms with Crippen molar-refractivity contribution in [3.63, 3.8) is 0 Å². The van der Waals surface area contributed by atoms with E-state index in [4.69, 9.17) is 4.74 Å². The van der Waals surface area contributed by atoms with E-state index in [1.807, 2.05) is 13.2 Å². The van der Waals surface area contributed by atoms with Gasteiger partial charge >= 0.3 is 6.18 Å². The summed E-state index contributed by atoms with van der Waals surface area (Å²) in [5.41, 5.74) is -0.920. The van der Waals surface area contributed by atoms with Crippen molar-refractivity contribution in [2.45, 2.75) is 27.8 Å². The monoisotopic (exact) mass is 679 g/mol. The summed E-state index contributed by atoms with van der Waals surface area (Å²) in [5, 5.41) is 2.55. The lowest BCUT2D eigenvalue weighted by Crippen LogP contribution is -2.38. The summed E-state index contributed by atoms with van der Waals surface area (Å²) in [7, 11) is -8.46. The largest absolute Gasteiger partial charge is 0.494 e. The molecule has 238 valence electrons. The SMILES string of the molecule is CCOc1ccc(N(CC(=O)Nc2ccc(S(=O)(=O)Nc3cccc(C(F)(F)F)c3)cc2)S(=O)(=O)c2ccc(SC)cc2)cc1. The van der Waals surface area contributed by atoms with Crippen molar-refractivity contribution in [3.8, 4) is 5.75 Å². The predicted octanol–water partition coefficient (Wildman–Crippen LogP) is 6.46. The summed E-state index contributed by atoms with van der Waals surface area (Å²) >= 11 is 1.45. The number of nitrogens with one attached hydrogen (secondary N) is 2. The zero-order valence-corrected chi connectivity index (χ0v) is 26.4. The number of alkyl halides is 3. The summed E-state index contributed by atoms with van der Waals surface area (Å²) in [6.45, 7) is 1.60. The van der Waals surface area contributed by atoms with Crippen molar-refractivity contribution in [2.75, 3.05) is 33.8 Å². The van der Waals surface area contributed by atoms with E-state index in [0.717, 1.165) is 33.5 Å². The molecule has 1 amide bonds. The van der Waals surface area contributed by atoms with Crippen molar-refractivity contribution in [2.24, 2.45) is 0 Å². The highest BCUT2D eigenvalue weighted by Crippen LogP contribution is 2.31. The topological polar surface area (TPSA) is 122 Å². The van der Waals surface area contributed by atoms with Crippen LogP contribution in [0.5, 0.6) is 5.75 Å². The minimum atomic E-state index is -4.65. The second-order valence-electron chi connectivity index (χ2n) is 9.37. The van der Waals surface area contributed by atoms with E-state index in [0.29, 0.717) is 18.4 Å². The molecular formula is C30H28F3N3O6S3. The average molecular weight is 680 g/mol. The lowest BCUT2D eigenvalue weighted by molar-refractivity contribution is -0.137. The molecule has 0 aliphatic rings. The van der Waals surface area contributed by atoms with Crippen molar-refractivity contribution >= 4 is 54.8 Å². The van der Waals surface area contributed by atoms with Gasteiger partial charge in [-0.05, 0) is 104 Å². The summed E-state index contributed by atoms with van der Waals surface area (Å²) < 4.78 is 100. The molecule has 0 heterocycles. The molecule has 4 rings (SSSR count). The van der Waals surface area contributed by atoms with Crippen LogP contribution in [0.2, 0.25) is 0 Å². The second-order valence-corrected chi connectivity index (χ2v) is 13.8. The Kier molecular flexibility index (Phi) is 10.4. The molecular weight excluding hydrogens is 652 g/mol. The van der Waals surface area contributed by atoms with E-state index in [9.17, 15) is 34.8 Å². The molecule has 0 saturated carbocycles. The third-order valence-electron chi connectivity index (χ3n) is 6.26. The average Bonchev–Trinajstić information content (AvgIpc) is 3.00. The first-order chi connectivity index (χ1) is 21.2. The van der Waals surface area contributed by atoms with Gasteiger partial charge in [0.2, 0.25) is 5.91 Å². The smallest absolute Gasteiger partial charge is 0.416 e. The Morgan fingerprint density at radius 1 is 0.844 bits per heavy atom. The van der Waals surface area contributed by atoms with Crippen molar-refractivity contribution < 1.29 is 39.5 Å². The highest BCUT2D eigenvalue weighted by atomic mass is 32.2. The number of ether oxygens (including phenoxy) is 1. The first-order valence-corrected chi connectivity index (χ1v) is 17.4. The molecule has 0 aromatic heterocycles. The van der Waals surface area contributed by atoms with Crippen LogP contribution in [0.4, 0.5) is 30.2 Å². The molecule has 0 aliphatic carbocycles. The lowest BCUT2D eigenvalue weighted by Gasteiger charge is -2.24. The van der Waals surface area contributed by atoms with Gasteiger partial charge in [-0.2, -0.15) is 13.2 Å². The van der Waals surface area contributed by atoms with Gasteiger partial charge in [-0.3, -0.25) is 13.8 Å². The molecule has 0 aliphatic heterocycles. The zero-order chi connectivity index (χ0) is 32.8. The van der Waals surface area contributed by atoms with Crippen molar-refractivity contribution in [1.29, 1.82) is 0 Å².